The van der Waals surface area contributed by atoms with Crippen LogP contribution in [0, 0.1) is 0 Å². The molecule has 12 heavy (non-hydrogen) atoms. The van der Waals surface area contributed by atoms with Crippen molar-refractivity contribution < 1.29 is 9.18 Å². The lowest BCUT2D eigenvalue weighted by Gasteiger charge is -1.99. The summed E-state index contributed by atoms with van der Waals surface area (Å²) in [6.07, 6.45) is 7.36. The third-order valence-electron chi connectivity index (χ3n) is 1.16. The molecule has 0 aliphatic carbocycles. The fourth-order valence-corrected chi connectivity index (χ4v) is 0.666. The van der Waals surface area contributed by atoms with Crippen LogP contribution < -0.4 is 5.32 Å². The number of carbonyl (C=O) groups is 1. The molecule has 0 aliphatic rings. The summed E-state index contributed by atoms with van der Waals surface area (Å²) in [4.78, 5) is 10.0. The van der Waals surface area contributed by atoms with E-state index in [-0.39, 0.29) is 0 Å². The number of nitrogens with one attached hydrogen (secondary N) is 1. The van der Waals surface area contributed by atoms with Gasteiger partial charge in [0.25, 0.3) is 0 Å². The van der Waals surface area contributed by atoms with Crippen molar-refractivity contribution in [3.05, 3.63) is 36.6 Å². The number of halogens is 1. The standard InChI is InChI=1S/C9H12FNO/c1-2-5-9(11-8-12)6-3-4-7-10/h2-5,8H,1,6-7H2,(H,11,12)/b4-3-,9-5+. The molecule has 0 aromatic heterocycles. The van der Waals surface area contributed by atoms with E-state index in [0.29, 0.717) is 18.5 Å². The smallest absolute Gasteiger partial charge is 0.211 e. The zero-order valence-electron chi connectivity index (χ0n) is 6.79. The van der Waals surface area contributed by atoms with Gasteiger partial charge in [-0.3, -0.25) is 4.79 Å². The molecule has 0 aromatic rings. The number of rotatable bonds is 6. The van der Waals surface area contributed by atoms with Crippen molar-refractivity contribution in [2.45, 2.75) is 6.42 Å². The average Bonchev–Trinajstić information content (AvgIpc) is 2.06. The summed E-state index contributed by atoms with van der Waals surface area (Å²) in [7, 11) is 0. The van der Waals surface area contributed by atoms with Crippen LogP contribution in [0.2, 0.25) is 0 Å². The summed E-state index contributed by atoms with van der Waals surface area (Å²) in [6, 6.07) is 0. The van der Waals surface area contributed by atoms with Crippen molar-refractivity contribution in [2.24, 2.45) is 0 Å². The van der Waals surface area contributed by atoms with Gasteiger partial charge in [0.1, 0.15) is 6.67 Å². The Kier molecular flexibility index (Phi) is 6.84. The van der Waals surface area contributed by atoms with E-state index in [1.54, 1.807) is 18.2 Å². The molecule has 0 saturated carbocycles. The Hall–Kier alpha value is -1.38. The van der Waals surface area contributed by atoms with Gasteiger partial charge >= 0.3 is 0 Å². The molecule has 0 radical (unpaired) electrons. The van der Waals surface area contributed by atoms with E-state index in [4.69, 9.17) is 0 Å². The van der Waals surface area contributed by atoms with Crippen LogP contribution in [0.5, 0.6) is 0 Å². The largest absolute Gasteiger partial charge is 0.332 e. The molecule has 0 aromatic carbocycles. The minimum absolute atomic E-state index is 0.484. The molecule has 0 bridgehead atoms. The summed E-state index contributed by atoms with van der Waals surface area (Å²) in [5.41, 5.74) is 0.699. The highest BCUT2D eigenvalue weighted by molar-refractivity contribution is 5.50. The first-order valence-electron chi connectivity index (χ1n) is 3.58. The van der Waals surface area contributed by atoms with E-state index in [1.165, 1.54) is 6.08 Å². The first-order chi connectivity index (χ1) is 5.85. The molecule has 1 amide bonds. The molecule has 0 saturated heterocycles. The van der Waals surface area contributed by atoms with Gasteiger partial charge in [-0.1, -0.05) is 24.8 Å². The minimum atomic E-state index is -0.484. The number of allylic oxidation sites excluding steroid dienone is 4. The molecule has 0 unspecified atom stereocenters. The highest BCUT2D eigenvalue weighted by Crippen LogP contribution is 1.97. The number of amides is 1. The molecule has 0 fully saturated rings. The van der Waals surface area contributed by atoms with Gasteiger partial charge in [0.2, 0.25) is 6.41 Å². The topological polar surface area (TPSA) is 29.1 Å². The predicted octanol–water partition coefficient (Wildman–Crippen LogP) is 1.72. The van der Waals surface area contributed by atoms with Gasteiger partial charge in [-0.25, -0.2) is 4.39 Å². The van der Waals surface area contributed by atoms with Crippen LogP contribution in [-0.2, 0) is 4.79 Å². The second-order valence-corrected chi connectivity index (χ2v) is 2.02. The molecule has 0 heterocycles. The molecule has 3 heteroatoms. The maximum Gasteiger partial charge on any atom is 0.211 e. The average molecular weight is 169 g/mol. The highest BCUT2D eigenvalue weighted by atomic mass is 19.1. The van der Waals surface area contributed by atoms with Gasteiger partial charge < -0.3 is 5.32 Å². The lowest BCUT2D eigenvalue weighted by atomic mass is 10.2. The van der Waals surface area contributed by atoms with E-state index in [0.717, 1.165) is 0 Å². The van der Waals surface area contributed by atoms with Crippen LogP contribution in [0.4, 0.5) is 4.39 Å². The van der Waals surface area contributed by atoms with Crippen molar-refractivity contribution in [1.29, 1.82) is 0 Å². The SMILES string of the molecule is C=C/C=C(\C/C=C\CF)NC=O. The van der Waals surface area contributed by atoms with E-state index in [1.807, 2.05) is 0 Å². The van der Waals surface area contributed by atoms with Gasteiger partial charge in [0.15, 0.2) is 0 Å². The Morgan fingerprint density at radius 2 is 2.25 bits per heavy atom. The Bertz CT molecular complexity index is 197. The van der Waals surface area contributed by atoms with E-state index < -0.39 is 6.67 Å². The summed E-state index contributed by atoms with van der Waals surface area (Å²) in [6.45, 7) is 3.00. The van der Waals surface area contributed by atoms with Crippen LogP contribution in [-0.4, -0.2) is 13.1 Å². The summed E-state index contributed by atoms with van der Waals surface area (Å²) in [5.74, 6) is 0. The van der Waals surface area contributed by atoms with Gasteiger partial charge in [0.05, 0.1) is 0 Å². The molecular formula is C9H12FNO. The molecule has 2 nitrogen and oxygen atoms in total. The van der Waals surface area contributed by atoms with Crippen molar-refractivity contribution in [2.75, 3.05) is 6.67 Å². The molecule has 0 spiro atoms. The Morgan fingerprint density at radius 1 is 1.50 bits per heavy atom. The molecule has 0 aliphatic heterocycles. The monoisotopic (exact) mass is 169 g/mol. The molecule has 1 N–H and O–H groups in total. The second-order valence-electron chi connectivity index (χ2n) is 2.02. The van der Waals surface area contributed by atoms with Gasteiger partial charge in [-0.2, -0.15) is 0 Å². The summed E-state index contributed by atoms with van der Waals surface area (Å²) in [5, 5.41) is 2.48. The molecule has 66 valence electrons. The highest BCUT2D eigenvalue weighted by Gasteiger charge is 1.88. The first-order valence-corrected chi connectivity index (χ1v) is 3.58. The molecule has 0 rings (SSSR count). The minimum Gasteiger partial charge on any atom is -0.332 e. The lowest BCUT2D eigenvalue weighted by Crippen LogP contribution is -2.08. The van der Waals surface area contributed by atoms with Crippen LogP contribution in [0.3, 0.4) is 0 Å². The second kappa shape index (κ2) is 7.72. The van der Waals surface area contributed by atoms with Crippen molar-refractivity contribution in [3.63, 3.8) is 0 Å². The van der Waals surface area contributed by atoms with Gasteiger partial charge in [0, 0.05) is 12.1 Å². The Morgan fingerprint density at radius 3 is 2.75 bits per heavy atom. The Labute approximate surface area is 71.5 Å². The first kappa shape index (κ1) is 10.6. The quantitative estimate of drug-likeness (QED) is 0.366. The third-order valence-corrected chi connectivity index (χ3v) is 1.16. The number of alkyl halides is 1. The van der Waals surface area contributed by atoms with Crippen LogP contribution in [0.15, 0.2) is 36.6 Å². The van der Waals surface area contributed by atoms with E-state index >= 15 is 0 Å². The van der Waals surface area contributed by atoms with Gasteiger partial charge in [-0.15, -0.1) is 0 Å². The van der Waals surface area contributed by atoms with E-state index in [9.17, 15) is 9.18 Å². The fourth-order valence-electron chi connectivity index (χ4n) is 0.666. The van der Waals surface area contributed by atoms with Crippen molar-refractivity contribution >= 4 is 6.41 Å². The maximum absolute atomic E-state index is 11.6. The lowest BCUT2D eigenvalue weighted by molar-refractivity contribution is -0.108. The molecular weight excluding hydrogens is 157 g/mol. The summed E-state index contributed by atoms with van der Waals surface area (Å²) < 4.78 is 11.6. The number of hydrogen-bond donors (Lipinski definition) is 1. The van der Waals surface area contributed by atoms with Crippen LogP contribution in [0.25, 0.3) is 0 Å². The zero-order valence-corrected chi connectivity index (χ0v) is 6.79. The van der Waals surface area contributed by atoms with Crippen LogP contribution >= 0.6 is 0 Å². The van der Waals surface area contributed by atoms with E-state index in [2.05, 4.69) is 11.9 Å². The number of carbonyl (C=O) groups excluding carboxylic acids is 1. The van der Waals surface area contributed by atoms with Crippen LogP contribution in [0.1, 0.15) is 6.42 Å². The summed E-state index contributed by atoms with van der Waals surface area (Å²) >= 11 is 0. The Balaban J connectivity index is 3.94. The zero-order chi connectivity index (χ0) is 9.23. The van der Waals surface area contributed by atoms with Crippen molar-refractivity contribution in [3.8, 4) is 0 Å². The predicted molar refractivity (Wildman–Crippen MR) is 47.2 cm³/mol. The van der Waals surface area contributed by atoms with Crippen molar-refractivity contribution in [1.82, 2.24) is 5.32 Å². The normalized spacial score (nSPS) is 11.6. The molecule has 0 atom stereocenters. The van der Waals surface area contributed by atoms with Gasteiger partial charge in [-0.05, 0) is 6.08 Å². The number of hydrogen-bond acceptors (Lipinski definition) is 1. The third kappa shape index (κ3) is 5.41. The maximum atomic E-state index is 11.6. The fraction of sp³-hybridized carbons (Fsp3) is 0.222.